The highest BCUT2D eigenvalue weighted by atomic mass is 16.5. The summed E-state index contributed by atoms with van der Waals surface area (Å²) in [5.74, 6) is -0.568. The molecule has 0 saturated heterocycles. The molecule has 0 aliphatic heterocycles. The molecule has 52 heavy (non-hydrogen) atoms. The molecule has 0 radical (unpaired) electrons. The zero-order valence-electron chi connectivity index (χ0n) is 34.9. The number of hydrogen-bond donors (Lipinski definition) is 3. The van der Waals surface area contributed by atoms with Gasteiger partial charge in [0.25, 0.3) is 0 Å². The van der Waals surface area contributed by atoms with Gasteiger partial charge in [0.2, 0.25) is 0 Å². The number of carboxylic acid groups (broad SMARTS) is 1. The Morgan fingerprint density at radius 3 is 1.40 bits per heavy atom. The average molecular weight is 740 g/mol. The SMILES string of the molecule is CCCCCCCCCOC(=O)CCCCCCCN(CCCCCCC(C(=O)O)C(CCCCCCCC)CCCCCCCC)CC(O)CO. The lowest BCUT2D eigenvalue weighted by molar-refractivity contribution is -0.145. The average Bonchev–Trinajstić information content (AvgIpc) is 3.13. The lowest BCUT2D eigenvalue weighted by atomic mass is 9.80. The van der Waals surface area contributed by atoms with Crippen molar-refractivity contribution in [3.8, 4) is 0 Å². The van der Waals surface area contributed by atoms with E-state index in [-0.39, 0.29) is 18.5 Å². The van der Waals surface area contributed by atoms with Crippen molar-refractivity contribution in [3.63, 3.8) is 0 Å². The maximum Gasteiger partial charge on any atom is 0.306 e. The molecule has 0 saturated carbocycles. The Morgan fingerprint density at radius 2 is 0.942 bits per heavy atom. The van der Waals surface area contributed by atoms with Gasteiger partial charge in [-0.2, -0.15) is 0 Å². The van der Waals surface area contributed by atoms with Gasteiger partial charge in [-0.05, 0) is 64.0 Å². The van der Waals surface area contributed by atoms with Crippen molar-refractivity contribution in [2.75, 3.05) is 32.8 Å². The molecule has 7 heteroatoms. The molecule has 0 amide bonds. The summed E-state index contributed by atoms with van der Waals surface area (Å²) in [7, 11) is 0. The van der Waals surface area contributed by atoms with Crippen LogP contribution in [0.2, 0.25) is 0 Å². The van der Waals surface area contributed by atoms with Gasteiger partial charge in [-0.25, -0.2) is 0 Å². The summed E-state index contributed by atoms with van der Waals surface area (Å²) in [6.45, 7) is 9.34. The number of ether oxygens (including phenoxy) is 1. The molecule has 2 atom stereocenters. The number of rotatable bonds is 42. The molecule has 7 nitrogen and oxygen atoms in total. The molecular weight excluding hydrogens is 650 g/mol. The zero-order chi connectivity index (χ0) is 38.3. The van der Waals surface area contributed by atoms with E-state index in [1.165, 1.54) is 96.3 Å². The number of esters is 1. The van der Waals surface area contributed by atoms with Gasteiger partial charge >= 0.3 is 11.9 Å². The quantitative estimate of drug-likeness (QED) is 0.0422. The highest BCUT2D eigenvalue weighted by Crippen LogP contribution is 2.30. The fraction of sp³-hybridized carbons (Fsp3) is 0.956. The number of unbranched alkanes of at least 4 members (excludes halogenated alkanes) is 23. The first-order chi connectivity index (χ1) is 25.4. The van der Waals surface area contributed by atoms with Crippen molar-refractivity contribution in [1.82, 2.24) is 4.90 Å². The van der Waals surface area contributed by atoms with Crippen LogP contribution in [0.25, 0.3) is 0 Å². The largest absolute Gasteiger partial charge is 0.481 e. The van der Waals surface area contributed by atoms with Crippen LogP contribution in [0.1, 0.15) is 226 Å². The van der Waals surface area contributed by atoms with Crippen molar-refractivity contribution >= 4 is 11.9 Å². The smallest absolute Gasteiger partial charge is 0.306 e. The fourth-order valence-corrected chi connectivity index (χ4v) is 7.64. The summed E-state index contributed by atoms with van der Waals surface area (Å²) in [6, 6.07) is 0. The number of aliphatic hydroxyl groups is 2. The van der Waals surface area contributed by atoms with Crippen LogP contribution in [0.5, 0.6) is 0 Å². The van der Waals surface area contributed by atoms with Crippen molar-refractivity contribution < 1.29 is 29.6 Å². The molecule has 0 fully saturated rings. The van der Waals surface area contributed by atoms with Gasteiger partial charge in [0.05, 0.1) is 25.2 Å². The van der Waals surface area contributed by atoms with E-state index in [0.29, 0.717) is 25.5 Å². The first kappa shape index (κ1) is 50.8. The van der Waals surface area contributed by atoms with Crippen molar-refractivity contribution in [2.24, 2.45) is 11.8 Å². The van der Waals surface area contributed by atoms with Gasteiger partial charge < -0.3 is 25.0 Å². The van der Waals surface area contributed by atoms with Crippen LogP contribution in [0.3, 0.4) is 0 Å². The van der Waals surface area contributed by atoms with E-state index in [4.69, 9.17) is 4.74 Å². The number of nitrogens with zero attached hydrogens (tertiary/aromatic N) is 1. The molecule has 0 aromatic rings. The van der Waals surface area contributed by atoms with Crippen molar-refractivity contribution in [3.05, 3.63) is 0 Å². The Labute approximate surface area is 322 Å². The second kappa shape index (κ2) is 39.5. The molecule has 0 rings (SSSR count). The summed E-state index contributed by atoms with van der Waals surface area (Å²) < 4.78 is 5.41. The van der Waals surface area contributed by atoms with E-state index < -0.39 is 12.1 Å². The Hall–Kier alpha value is -1.18. The van der Waals surface area contributed by atoms with E-state index in [9.17, 15) is 24.9 Å². The minimum Gasteiger partial charge on any atom is -0.481 e. The number of aliphatic carboxylic acids is 1. The van der Waals surface area contributed by atoms with Gasteiger partial charge in [-0.3, -0.25) is 9.59 Å². The third-order valence-corrected chi connectivity index (χ3v) is 11.0. The first-order valence-electron chi connectivity index (χ1n) is 22.8. The molecule has 310 valence electrons. The number of carbonyl (C=O) groups is 2. The fourth-order valence-electron chi connectivity index (χ4n) is 7.64. The molecule has 0 bridgehead atoms. The summed E-state index contributed by atoms with van der Waals surface area (Å²) in [4.78, 5) is 26.8. The van der Waals surface area contributed by atoms with Crippen LogP contribution in [0.4, 0.5) is 0 Å². The maximum atomic E-state index is 12.5. The predicted molar refractivity (Wildman–Crippen MR) is 220 cm³/mol. The van der Waals surface area contributed by atoms with Crippen LogP contribution in [0, 0.1) is 11.8 Å². The minimum absolute atomic E-state index is 0.0604. The maximum absolute atomic E-state index is 12.5. The first-order valence-corrected chi connectivity index (χ1v) is 22.8. The predicted octanol–water partition coefficient (Wildman–Crippen LogP) is 12.0. The van der Waals surface area contributed by atoms with Gasteiger partial charge in [-0.1, -0.05) is 175 Å². The Balaban J connectivity index is 4.40. The second-order valence-electron chi connectivity index (χ2n) is 16.0. The van der Waals surface area contributed by atoms with Crippen LogP contribution < -0.4 is 0 Å². The van der Waals surface area contributed by atoms with Gasteiger partial charge in [-0.15, -0.1) is 0 Å². The van der Waals surface area contributed by atoms with E-state index >= 15 is 0 Å². The molecule has 0 aliphatic carbocycles. The molecule has 0 aromatic heterocycles. The third kappa shape index (κ3) is 33.4. The van der Waals surface area contributed by atoms with Gasteiger partial charge in [0.1, 0.15) is 0 Å². The molecule has 0 aliphatic rings. The normalized spacial score (nSPS) is 12.9. The highest BCUT2D eigenvalue weighted by Gasteiger charge is 2.27. The van der Waals surface area contributed by atoms with Crippen LogP contribution in [-0.2, 0) is 14.3 Å². The number of carboxylic acids is 1. The monoisotopic (exact) mass is 740 g/mol. The minimum atomic E-state index is -0.724. The molecular formula is C45H89NO6. The number of aliphatic hydroxyl groups excluding tert-OH is 2. The van der Waals surface area contributed by atoms with E-state index in [2.05, 4.69) is 25.7 Å². The topological polar surface area (TPSA) is 107 Å². The highest BCUT2D eigenvalue weighted by molar-refractivity contribution is 5.70. The Bertz CT molecular complexity index is 748. The number of carbonyl (C=O) groups excluding carboxylic acids is 1. The van der Waals surface area contributed by atoms with Crippen molar-refractivity contribution in [2.45, 2.75) is 232 Å². The second-order valence-corrected chi connectivity index (χ2v) is 16.0. The molecule has 0 heterocycles. The van der Waals surface area contributed by atoms with Gasteiger partial charge in [0, 0.05) is 13.0 Å². The Kier molecular flexibility index (Phi) is 38.6. The lowest BCUT2D eigenvalue weighted by Crippen LogP contribution is -2.35. The summed E-state index contributed by atoms with van der Waals surface area (Å²) >= 11 is 0. The van der Waals surface area contributed by atoms with E-state index in [0.717, 1.165) is 116 Å². The summed E-state index contributed by atoms with van der Waals surface area (Å²) in [5.41, 5.74) is 0. The molecule has 0 spiro atoms. The lowest BCUT2D eigenvalue weighted by Gasteiger charge is -2.25. The summed E-state index contributed by atoms with van der Waals surface area (Å²) in [5, 5.41) is 29.8. The summed E-state index contributed by atoms with van der Waals surface area (Å²) in [6.07, 6.45) is 35.5. The standard InChI is InChI=1S/C45H89NO6/c1-4-7-10-13-16-24-31-38-52-44(49)35-28-20-17-22-29-36-46(39-42(48)40-47)37-30-23-21-27-34-43(45(50)51)41(32-25-18-14-11-8-5-2)33-26-19-15-12-9-6-3/h41-43,47-48H,4-40H2,1-3H3,(H,50,51). The third-order valence-electron chi connectivity index (χ3n) is 11.0. The Morgan fingerprint density at radius 1 is 0.538 bits per heavy atom. The van der Waals surface area contributed by atoms with E-state index in [1.54, 1.807) is 0 Å². The molecule has 2 unspecified atom stereocenters. The zero-order valence-corrected chi connectivity index (χ0v) is 34.9. The van der Waals surface area contributed by atoms with E-state index in [1.807, 2.05) is 0 Å². The molecule has 3 N–H and O–H groups in total. The van der Waals surface area contributed by atoms with Crippen LogP contribution in [0.15, 0.2) is 0 Å². The van der Waals surface area contributed by atoms with Crippen LogP contribution >= 0.6 is 0 Å². The molecule has 0 aromatic carbocycles. The van der Waals surface area contributed by atoms with Gasteiger partial charge in [0.15, 0.2) is 0 Å². The van der Waals surface area contributed by atoms with Crippen molar-refractivity contribution in [1.29, 1.82) is 0 Å². The number of hydrogen-bond acceptors (Lipinski definition) is 6. The van der Waals surface area contributed by atoms with Crippen LogP contribution in [-0.4, -0.2) is 71.1 Å².